The fraction of sp³-hybridized carbons (Fsp3) is 0.500. The Morgan fingerprint density at radius 3 is 2.63 bits per heavy atom. The number of nitrogens with zero attached hydrogens (tertiary/aromatic N) is 4. The van der Waals surface area contributed by atoms with Crippen molar-refractivity contribution in [2.75, 3.05) is 18.4 Å². The van der Waals surface area contributed by atoms with Gasteiger partial charge in [-0.3, -0.25) is 4.79 Å². The number of rotatable bonds is 5. The number of ether oxygens (including phenoxy) is 1. The van der Waals surface area contributed by atoms with Crippen LogP contribution in [0.1, 0.15) is 45.6 Å². The van der Waals surface area contributed by atoms with Gasteiger partial charge in [-0.15, -0.1) is 0 Å². The highest BCUT2D eigenvalue weighted by Crippen LogP contribution is 2.32. The van der Waals surface area contributed by atoms with Gasteiger partial charge in [-0.05, 0) is 71.1 Å². The minimum atomic E-state index is -0.464. The van der Waals surface area contributed by atoms with Gasteiger partial charge in [0, 0.05) is 49.3 Å². The number of aromatic nitrogens is 3. The van der Waals surface area contributed by atoms with E-state index in [2.05, 4.69) is 27.2 Å². The van der Waals surface area contributed by atoms with E-state index in [0.29, 0.717) is 22.2 Å². The molecule has 4 rings (SSSR count). The summed E-state index contributed by atoms with van der Waals surface area (Å²) in [6, 6.07) is 6.05. The Bertz CT molecular complexity index is 1280. The van der Waals surface area contributed by atoms with Crippen LogP contribution in [0.15, 0.2) is 35.4 Å². The van der Waals surface area contributed by atoms with Crippen molar-refractivity contribution in [3.63, 3.8) is 0 Å². The van der Waals surface area contributed by atoms with Gasteiger partial charge in [-0.25, -0.2) is 9.48 Å². The number of benzene rings is 1. The molecule has 0 atom stereocenters. The molecule has 1 fully saturated rings. The van der Waals surface area contributed by atoms with Crippen LogP contribution in [0.25, 0.3) is 10.9 Å². The van der Waals surface area contributed by atoms with Gasteiger partial charge >= 0.3 is 6.09 Å². The summed E-state index contributed by atoms with van der Waals surface area (Å²) in [6.45, 7) is 9.83. The van der Waals surface area contributed by atoms with Crippen LogP contribution < -0.4 is 10.9 Å². The van der Waals surface area contributed by atoms with Gasteiger partial charge in [0.05, 0.1) is 22.6 Å². The number of hydrogen-bond donors (Lipinski definition) is 1. The molecule has 1 aliphatic rings. The molecule has 0 radical (unpaired) electrons. The molecule has 0 unspecified atom stereocenters. The van der Waals surface area contributed by atoms with Crippen molar-refractivity contribution in [2.45, 2.75) is 59.1 Å². The smallest absolute Gasteiger partial charge is 0.410 e. The summed E-state index contributed by atoms with van der Waals surface area (Å²) in [4.78, 5) is 26.3. The summed E-state index contributed by atoms with van der Waals surface area (Å²) >= 11 is 6.62. The maximum absolute atomic E-state index is 12.3. The Morgan fingerprint density at radius 1 is 1.23 bits per heavy atom. The average Bonchev–Trinajstić information content (AvgIpc) is 3.19. The molecular weight excluding hydrogens is 466 g/mol. The molecule has 1 aliphatic heterocycles. The normalized spacial score (nSPS) is 15.0. The molecule has 35 heavy (non-hydrogen) atoms. The average molecular weight is 500 g/mol. The van der Waals surface area contributed by atoms with E-state index in [9.17, 15) is 9.59 Å². The molecule has 0 saturated carbocycles. The molecule has 3 heterocycles. The van der Waals surface area contributed by atoms with Crippen LogP contribution in [0.5, 0.6) is 0 Å². The summed E-state index contributed by atoms with van der Waals surface area (Å²) in [7, 11) is 1.63. The van der Waals surface area contributed by atoms with E-state index in [1.807, 2.05) is 37.8 Å². The third kappa shape index (κ3) is 5.81. The predicted molar refractivity (Wildman–Crippen MR) is 140 cm³/mol. The highest BCUT2D eigenvalue weighted by molar-refractivity contribution is 6.34. The lowest BCUT2D eigenvalue weighted by atomic mass is 9.94. The number of amides is 1. The number of likely N-dealkylation sites (tertiary alicyclic amines) is 1. The predicted octanol–water partition coefficient (Wildman–Crippen LogP) is 5.48. The van der Waals surface area contributed by atoms with Gasteiger partial charge in [0.25, 0.3) is 5.56 Å². The molecule has 0 aliphatic carbocycles. The van der Waals surface area contributed by atoms with Gasteiger partial charge in [-0.1, -0.05) is 11.6 Å². The number of carbonyl (C=O) groups excluding carboxylic acids is 1. The molecule has 0 spiro atoms. The SMILES string of the molecule is Cc1c(Nc2cc3ccn(CCC4CCN(C(=O)OC(C)(C)C)CC4)c3cc2Cl)cnn(C)c1=O. The van der Waals surface area contributed by atoms with E-state index in [-0.39, 0.29) is 11.7 Å². The zero-order chi connectivity index (χ0) is 25.3. The number of hydrogen-bond acceptors (Lipinski definition) is 5. The van der Waals surface area contributed by atoms with Gasteiger partial charge < -0.3 is 19.5 Å². The molecule has 1 aromatic carbocycles. The maximum atomic E-state index is 12.3. The molecule has 9 heteroatoms. The number of piperidine rings is 1. The van der Waals surface area contributed by atoms with Crippen molar-refractivity contribution in [3.8, 4) is 0 Å². The fourth-order valence-corrected chi connectivity index (χ4v) is 4.68. The molecule has 0 bridgehead atoms. The van der Waals surface area contributed by atoms with E-state index >= 15 is 0 Å². The van der Waals surface area contributed by atoms with E-state index in [1.54, 1.807) is 20.2 Å². The summed E-state index contributed by atoms with van der Waals surface area (Å²) in [6.07, 6.45) is 6.52. The molecule has 3 aromatic rings. The number of nitrogens with one attached hydrogen (secondary N) is 1. The summed E-state index contributed by atoms with van der Waals surface area (Å²) in [5.41, 5.74) is 2.44. The second-order valence-corrected chi connectivity index (χ2v) is 10.7. The van der Waals surface area contributed by atoms with Crippen LogP contribution in [-0.4, -0.2) is 44.0 Å². The maximum Gasteiger partial charge on any atom is 0.410 e. The highest BCUT2D eigenvalue weighted by Gasteiger charge is 2.26. The zero-order valence-corrected chi connectivity index (χ0v) is 21.9. The Hall–Kier alpha value is -3.00. The second-order valence-electron chi connectivity index (χ2n) is 10.3. The van der Waals surface area contributed by atoms with Gasteiger partial charge in [0.2, 0.25) is 0 Å². The minimum absolute atomic E-state index is 0.143. The van der Waals surface area contributed by atoms with Crippen molar-refractivity contribution < 1.29 is 9.53 Å². The molecule has 1 amide bonds. The van der Waals surface area contributed by atoms with Crippen LogP contribution in [0.2, 0.25) is 5.02 Å². The Kier molecular flexibility index (Phi) is 7.12. The lowest BCUT2D eigenvalue weighted by molar-refractivity contribution is 0.0180. The van der Waals surface area contributed by atoms with E-state index in [0.717, 1.165) is 55.5 Å². The number of aryl methyl sites for hydroxylation is 2. The van der Waals surface area contributed by atoms with Gasteiger partial charge in [0.1, 0.15) is 5.60 Å². The molecule has 1 N–H and O–H groups in total. The Balaban J connectivity index is 1.39. The number of fused-ring (bicyclic) bond motifs is 1. The largest absolute Gasteiger partial charge is 0.444 e. The molecule has 188 valence electrons. The first-order valence-electron chi connectivity index (χ1n) is 12.1. The summed E-state index contributed by atoms with van der Waals surface area (Å²) in [5.74, 6) is 0.568. The minimum Gasteiger partial charge on any atom is -0.444 e. The third-order valence-electron chi connectivity index (χ3n) is 6.55. The van der Waals surface area contributed by atoms with Gasteiger partial charge in [-0.2, -0.15) is 5.10 Å². The van der Waals surface area contributed by atoms with Crippen molar-refractivity contribution >= 4 is 40.0 Å². The van der Waals surface area contributed by atoms with Crippen LogP contribution in [-0.2, 0) is 18.3 Å². The lowest BCUT2D eigenvalue weighted by Gasteiger charge is -2.33. The molecular formula is C26H34ClN5O3. The highest BCUT2D eigenvalue weighted by atomic mass is 35.5. The van der Waals surface area contributed by atoms with Crippen LogP contribution in [0.4, 0.5) is 16.2 Å². The first kappa shape index (κ1) is 25.1. The van der Waals surface area contributed by atoms with Crippen LogP contribution in [0, 0.1) is 12.8 Å². The first-order valence-corrected chi connectivity index (χ1v) is 12.5. The molecule has 2 aromatic heterocycles. The van der Waals surface area contributed by atoms with Crippen molar-refractivity contribution in [1.29, 1.82) is 0 Å². The zero-order valence-electron chi connectivity index (χ0n) is 21.1. The third-order valence-corrected chi connectivity index (χ3v) is 6.87. The standard InChI is InChI=1S/C26H34ClN5O3/c1-17-22(16-28-30(5)24(17)33)29-21-14-19-9-13-31(23(19)15-20(21)27)10-6-18-7-11-32(12-8-18)25(34)35-26(2,3)4/h9,13-16,18,29H,6-8,10-12H2,1-5H3. The summed E-state index contributed by atoms with van der Waals surface area (Å²) < 4.78 is 9.05. The molecule has 8 nitrogen and oxygen atoms in total. The van der Waals surface area contributed by atoms with Crippen molar-refractivity contribution in [1.82, 2.24) is 19.2 Å². The van der Waals surface area contributed by atoms with E-state index in [1.165, 1.54) is 4.68 Å². The topological polar surface area (TPSA) is 81.4 Å². The summed E-state index contributed by atoms with van der Waals surface area (Å²) in [5, 5.41) is 9.02. The first-order chi connectivity index (χ1) is 16.5. The fourth-order valence-electron chi connectivity index (χ4n) is 4.48. The lowest BCUT2D eigenvalue weighted by Crippen LogP contribution is -2.41. The van der Waals surface area contributed by atoms with Crippen molar-refractivity contribution in [3.05, 3.63) is 51.5 Å². The Labute approximate surface area is 210 Å². The van der Waals surface area contributed by atoms with Gasteiger partial charge in [0.15, 0.2) is 0 Å². The second kappa shape index (κ2) is 9.93. The molecule has 1 saturated heterocycles. The number of anilines is 2. The van der Waals surface area contributed by atoms with E-state index in [4.69, 9.17) is 16.3 Å². The number of carbonyl (C=O) groups is 1. The number of halogens is 1. The monoisotopic (exact) mass is 499 g/mol. The Morgan fingerprint density at radius 2 is 1.94 bits per heavy atom. The van der Waals surface area contributed by atoms with Crippen molar-refractivity contribution in [2.24, 2.45) is 13.0 Å². The quantitative estimate of drug-likeness (QED) is 0.503. The van der Waals surface area contributed by atoms with Crippen LogP contribution in [0.3, 0.4) is 0 Å². The van der Waals surface area contributed by atoms with Crippen LogP contribution >= 0.6 is 11.6 Å². The van der Waals surface area contributed by atoms with E-state index < -0.39 is 5.60 Å².